The SMILES string of the molecule is COc1ccc(CNc2nc(N3CCN(CCO)CC3)nc3ccccc23)cc1. The Labute approximate surface area is 171 Å². The number of para-hydroxylation sites is 1. The molecule has 0 spiro atoms. The molecule has 0 amide bonds. The zero-order valence-electron chi connectivity index (χ0n) is 16.7. The number of fused-ring (bicyclic) bond motifs is 1. The zero-order chi connectivity index (χ0) is 20.1. The summed E-state index contributed by atoms with van der Waals surface area (Å²) in [5.41, 5.74) is 2.10. The van der Waals surface area contributed by atoms with Gasteiger partial charge in [0.15, 0.2) is 0 Å². The number of piperazine rings is 1. The van der Waals surface area contributed by atoms with Gasteiger partial charge in [-0.3, -0.25) is 4.90 Å². The van der Waals surface area contributed by atoms with E-state index in [1.807, 2.05) is 30.3 Å². The fraction of sp³-hybridized carbons (Fsp3) is 0.364. The maximum absolute atomic E-state index is 9.14. The van der Waals surface area contributed by atoms with Crippen molar-refractivity contribution in [3.8, 4) is 5.75 Å². The van der Waals surface area contributed by atoms with Crippen LogP contribution < -0.4 is 15.0 Å². The molecule has 2 aromatic carbocycles. The molecule has 4 rings (SSSR count). The standard InChI is InChI=1S/C22H27N5O2/c1-29-18-8-6-17(7-9-18)16-23-21-19-4-2-3-5-20(19)24-22(25-21)27-12-10-26(11-13-27)14-15-28/h2-9,28H,10-16H2,1H3,(H,23,24,25). The molecule has 1 fully saturated rings. The predicted octanol–water partition coefficient (Wildman–Crippen LogP) is 2.36. The van der Waals surface area contributed by atoms with Crippen molar-refractivity contribution in [1.82, 2.24) is 14.9 Å². The number of nitrogens with zero attached hydrogens (tertiary/aromatic N) is 4. The van der Waals surface area contributed by atoms with Gasteiger partial charge in [0.1, 0.15) is 11.6 Å². The number of nitrogens with one attached hydrogen (secondary N) is 1. The van der Waals surface area contributed by atoms with Crippen molar-refractivity contribution in [3.63, 3.8) is 0 Å². The molecule has 0 atom stereocenters. The van der Waals surface area contributed by atoms with Gasteiger partial charge in [0.2, 0.25) is 5.95 Å². The molecular weight excluding hydrogens is 366 g/mol. The quantitative estimate of drug-likeness (QED) is 0.638. The average molecular weight is 393 g/mol. The molecule has 3 aromatic rings. The molecule has 0 unspecified atom stereocenters. The summed E-state index contributed by atoms with van der Waals surface area (Å²) in [6.45, 7) is 5.13. The minimum atomic E-state index is 0.200. The second-order valence-electron chi connectivity index (χ2n) is 7.14. The van der Waals surface area contributed by atoms with Crippen LogP contribution in [0.2, 0.25) is 0 Å². The lowest BCUT2D eigenvalue weighted by Gasteiger charge is -2.34. The largest absolute Gasteiger partial charge is 0.497 e. The van der Waals surface area contributed by atoms with Crippen LogP contribution in [0.4, 0.5) is 11.8 Å². The van der Waals surface area contributed by atoms with Crippen LogP contribution in [0, 0.1) is 0 Å². The van der Waals surface area contributed by atoms with Gasteiger partial charge < -0.3 is 20.1 Å². The summed E-state index contributed by atoms with van der Waals surface area (Å²) in [7, 11) is 1.67. The third-order valence-electron chi connectivity index (χ3n) is 5.28. The summed E-state index contributed by atoms with van der Waals surface area (Å²) >= 11 is 0. The molecule has 29 heavy (non-hydrogen) atoms. The molecular formula is C22H27N5O2. The number of aliphatic hydroxyl groups excluding tert-OH is 1. The number of hydrogen-bond acceptors (Lipinski definition) is 7. The number of ether oxygens (including phenoxy) is 1. The summed E-state index contributed by atoms with van der Waals surface area (Å²) in [5.74, 6) is 2.45. The number of aromatic nitrogens is 2. The van der Waals surface area contributed by atoms with Gasteiger partial charge in [-0.25, -0.2) is 4.98 Å². The summed E-state index contributed by atoms with van der Waals surface area (Å²) in [4.78, 5) is 14.1. The van der Waals surface area contributed by atoms with Crippen LogP contribution in [-0.4, -0.2) is 66.4 Å². The normalized spacial score (nSPS) is 14.9. The van der Waals surface area contributed by atoms with Crippen LogP contribution in [-0.2, 0) is 6.54 Å². The lowest BCUT2D eigenvalue weighted by molar-refractivity contribution is 0.188. The molecule has 0 bridgehead atoms. The average Bonchev–Trinajstić information content (AvgIpc) is 2.78. The van der Waals surface area contributed by atoms with Gasteiger partial charge in [-0.15, -0.1) is 0 Å². The van der Waals surface area contributed by atoms with Crippen molar-refractivity contribution in [2.24, 2.45) is 0 Å². The van der Waals surface area contributed by atoms with E-state index in [1.54, 1.807) is 7.11 Å². The Balaban J connectivity index is 1.54. The van der Waals surface area contributed by atoms with Gasteiger partial charge in [0, 0.05) is 44.7 Å². The van der Waals surface area contributed by atoms with Gasteiger partial charge in [-0.05, 0) is 29.8 Å². The Morgan fingerprint density at radius 3 is 2.48 bits per heavy atom. The fourth-order valence-electron chi connectivity index (χ4n) is 3.58. The van der Waals surface area contributed by atoms with E-state index in [4.69, 9.17) is 19.8 Å². The van der Waals surface area contributed by atoms with Crippen LogP contribution >= 0.6 is 0 Å². The van der Waals surface area contributed by atoms with Crippen LogP contribution in [0.5, 0.6) is 5.75 Å². The monoisotopic (exact) mass is 393 g/mol. The lowest BCUT2D eigenvalue weighted by atomic mass is 10.2. The predicted molar refractivity (Wildman–Crippen MR) is 116 cm³/mol. The van der Waals surface area contributed by atoms with Crippen molar-refractivity contribution in [2.75, 3.05) is 56.7 Å². The van der Waals surface area contributed by atoms with Crippen molar-refractivity contribution in [2.45, 2.75) is 6.54 Å². The van der Waals surface area contributed by atoms with E-state index in [0.29, 0.717) is 6.54 Å². The van der Waals surface area contributed by atoms with Crippen LogP contribution in [0.3, 0.4) is 0 Å². The Kier molecular flexibility index (Phi) is 6.07. The van der Waals surface area contributed by atoms with E-state index in [0.717, 1.165) is 66.7 Å². The van der Waals surface area contributed by atoms with E-state index >= 15 is 0 Å². The molecule has 152 valence electrons. The molecule has 1 aromatic heterocycles. The first-order valence-corrected chi connectivity index (χ1v) is 9.98. The second-order valence-corrected chi connectivity index (χ2v) is 7.14. The molecule has 0 aliphatic carbocycles. The number of β-amino-alcohol motifs (C(OH)–C–C–N with tert-alkyl or cyclic N) is 1. The van der Waals surface area contributed by atoms with Gasteiger partial charge in [-0.1, -0.05) is 24.3 Å². The number of anilines is 2. The topological polar surface area (TPSA) is 73.8 Å². The summed E-state index contributed by atoms with van der Waals surface area (Å²) in [6, 6.07) is 16.1. The number of hydrogen-bond donors (Lipinski definition) is 2. The highest BCUT2D eigenvalue weighted by atomic mass is 16.5. The van der Waals surface area contributed by atoms with E-state index in [2.05, 4.69) is 33.3 Å². The number of rotatable bonds is 7. The van der Waals surface area contributed by atoms with Gasteiger partial charge >= 0.3 is 0 Å². The smallest absolute Gasteiger partial charge is 0.227 e. The molecule has 1 aliphatic heterocycles. The molecule has 7 nitrogen and oxygen atoms in total. The molecule has 0 radical (unpaired) electrons. The first-order chi connectivity index (χ1) is 14.3. The Morgan fingerprint density at radius 1 is 1.00 bits per heavy atom. The molecule has 1 saturated heterocycles. The van der Waals surface area contributed by atoms with Gasteiger partial charge in [0.05, 0.1) is 19.2 Å². The second kappa shape index (κ2) is 9.07. The highest BCUT2D eigenvalue weighted by molar-refractivity contribution is 5.90. The highest BCUT2D eigenvalue weighted by Gasteiger charge is 2.20. The van der Waals surface area contributed by atoms with Crippen molar-refractivity contribution in [3.05, 3.63) is 54.1 Å². The maximum Gasteiger partial charge on any atom is 0.227 e. The first-order valence-electron chi connectivity index (χ1n) is 9.98. The number of methoxy groups -OCH3 is 1. The molecule has 7 heteroatoms. The minimum Gasteiger partial charge on any atom is -0.497 e. The van der Waals surface area contributed by atoms with Gasteiger partial charge in [-0.2, -0.15) is 4.98 Å². The van der Waals surface area contributed by atoms with Crippen molar-refractivity contribution in [1.29, 1.82) is 0 Å². The van der Waals surface area contributed by atoms with E-state index < -0.39 is 0 Å². The van der Waals surface area contributed by atoms with E-state index in [-0.39, 0.29) is 6.61 Å². The Bertz CT molecular complexity index is 940. The zero-order valence-corrected chi connectivity index (χ0v) is 16.7. The first kappa shape index (κ1) is 19.4. The third-order valence-corrected chi connectivity index (χ3v) is 5.28. The maximum atomic E-state index is 9.14. The van der Waals surface area contributed by atoms with Crippen LogP contribution in [0.25, 0.3) is 10.9 Å². The minimum absolute atomic E-state index is 0.200. The number of aliphatic hydroxyl groups is 1. The van der Waals surface area contributed by atoms with E-state index in [1.165, 1.54) is 0 Å². The van der Waals surface area contributed by atoms with Crippen molar-refractivity contribution < 1.29 is 9.84 Å². The molecule has 1 aliphatic rings. The lowest BCUT2D eigenvalue weighted by Crippen LogP contribution is -2.47. The molecule has 2 heterocycles. The summed E-state index contributed by atoms with van der Waals surface area (Å²) in [6.07, 6.45) is 0. The highest BCUT2D eigenvalue weighted by Crippen LogP contribution is 2.25. The third kappa shape index (κ3) is 4.58. The molecule has 2 N–H and O–H groups in total. The molecule has 0 saturated carbocycles. The van der Waals surface area contributed by atoms with Crippen LogP contribution in [0.15, 0.2) is 48.5 Å². The van der Waals surface area contributed by atoms with Crippen molar-refractivity contribution >= 4 is 22.7 Å². The Morgan fingerprint density at radius 2 is 1.76 bits per heavy atom. The summed E-state index contributed by atoms with van der Waals surface area (Å²) in [5, 5.41) is 13.6. The van der Waals surface area contributed by atoms with Gasteiger partial charge in [0.25, 0.3) is 0 Å². The summed E-state index contributed by atoms with van der Waals surface area (Å²) < 4.78 is 5.23. The fourth-order valence-corrected chi connectivity index (χ4v) is 3.58. The Hall–Kier alpha value is -2.90. The van der Waals surface area contributed by atoms with Crippen LogP contribution in [0.1, 0.15) is 5.56 Å². The number of benzene rings is 2. The van der Waals surface area contributed by atoms with E-state index in [9.17, 15) is 0 Å².